The average Bonchev–Trinajstić information content (AvgIpc) is 3.59. The average molecular weight is 580 g/mol. The molecule has 0 bridgehead atoms. The quantitative estimate of drug-likeness (QED) is 0.155. The number of ether oxygens (including phenoxy) is 3. The van der Waals surface area contributed by atoms with Crippen molar-refractivity contribution in [2.45, 2.75) is 51.9 Å². The Labute approximate surface area is 240 Å². The SMILES string of the molecule is CC(C)(C)OC(=O)N(Cc1ccc(-c2cc3nccc(Oc4ccc([N+](=O)[O-])cc4F)c3s2)cc1)CC1CCCO1. The summed E-state index contributed by atoms with van der Waals surface area (Å²) in [5.41, 5.74) is 1.64. The number of benzene rings is 2. The highest BCUT2D eigenvalue weighted by atomic mass is 32.1. The van der Waals surface area contributed by atoms with Crippen LogP contribution in [0.1, 0.15) is 39.2 Å². The molecule has 0 spiro atoms. The molecule has 1 aliphatic rings. The van der Waals surface area contributed by atoms with E-state index in [0.717, 1.165) is 39.6 Å². The molecule has 1 aliphatic heterocycles. The lowest BCUT2D eigenvalue weighted by Crippen LogP contribution is -2.40. The third-order valence-electron chi connectivity index (χ3n) is 6.43. The first-order valence-corrected chi connectivity index (χ1v) is 14.1. The molecule has 41 heavy (non-hydrogen) atoms. The Morgan fingerprint density at radius 2 is 1.95 bits per heavy atom. The Balaban J connectivity index is 1.34. The first-order valence-electron chi connectivity index (χ1n) is 13.2. The highest BCUT2D eigenvalue weighted by molar-refractivity contribution is 7.22. The van der Waals surface area contributed by atoms with Gasteiger partial charge < -0.3 is 19.1 Å². The van der Waals surface area contributed by atoms with Gasteiger partial charge in [0, 0.05) is 36.4 Å². The summed E-state index contributed by atoms with van der Waals surface area (Å²) >= 11 is 1.44. The molecule has 0 N–H and O–H groups in total. The van der Waals surface area contributed by atoms with Gasteiger partial charge >= 0.3 is 6.09 Å². The topological polar surface area (TPSA) is 104 Å². The number of nitro groups is 1. The van der Waals surface area contributed by atoms with Gasteiger partial charge in [0.25, 0.3) is 5.69 Å². The third-order valence-corrected chi connectivity index (χ3v) is 7.62. The van der Waals surface area contributed by atoms with E-state index in [1.54, 1.807) is 17.2 Å². The van der Waals surface area contributed by atoms with Crippen molar-refractivity contribution in [1.82, 2.24) is 9.88 Å². The number of hydrogen-bond acceptors (Lipinski definition) is 8. The van der Waals surface area contributed by atoms with Crippen LogP contribution in [-0.4, -0.2) is 45.8 Å². The van der Waals surface area contributed by atoms with E-state index >= 15 is 0 Å². The zero-order valence-corrected chi connectivity index (χ0v) is 23.8. The van der Waals surface area contributed by atoms with Crippen LogP contribution in [0.15, 0.2) is 60.8 Å². The van der Waals surface area contributed by atoms with Gasteiger partial charge in [-0.3, -0.25) is 15.1 Å². The maximum absolute atomic E-state index is 14.5. The predicted molar refractivity (Wildman–Crippen MR) is 154 cm³/mol. The van der Waals surface area contributed by atoms with Crippen LogP contribution in [0.5, 0.6) is 11.5 Å². The van der Waals surface area contributed by atoms with Gasteiger partial charge in [0.1, 0.15) is 11.4 Å². The molecule has 4 aromatic rings. The minimum absolute atomic E-state index is 0.00346. The van der Waals surface area contributed by atoms with Crippen molar-refractivity contribution < 1.29 is 28.3 Å². The van der Waals surface area contributed by atoms with Crippen molar-refractivity contribution in [3.8, 4) is 21.9 Å². The highest BCUT2D eigenvalue weighted by Crippen LogP contribution is 2.40. The number of hydrogen-bond donors (Lipinski definition) is 0. The van der Waals surface area contributed by atoms with Gasteiger partial charge in [-0.1, -0.05) is 24.3 Å². The van der Waals surface area contributed by atoms with Crippen LogP contribution in [0.4, 0.5) is 14.9 Å². The van der Waals surface area contributed by atoms with Gasteiger partial charge in [0.2, 0.25) is 0 Å². The smallest absolute Gasteiger partial charge is 0.410 e. The fraction of sp³-hybridized carbons (Fsp3) is 0.333. The fourth-order valence-electron chi connectivity index (χ4n) is 4.50. The van der Waals surface area contributed by atoms with E-state index < -0.39 is 16.3 Å². The fourth-order valence-corrected chi connectivity index (χ4v) is 5.57. The largest absolute Gasteiger partial charge is 0.453 e. The molecule has 0 aliphatic carbocycles. The van der Waals surface area contributed by atoms with E-state index in [-0.39, 0.29) is 23.6 Å². The van der Waals surface area contributed by atoms with Crippen molar-refractivity contribution in [2.24, 2.45) is 0 Å². The summed E-state index contributed by atoms with van der Waals surface area (Å²) < 4.78 is 32.4. The summed E-state index contributed by atoms with van der Waals surface area (Å²) in [6, 6.07) is 14.7. The standard InChI is InChI=1S/C30H30FN3O6S/c1-30(2,3)40-29(35)33(18-22-5-4-14-38-22)17-19-6-8-20(9-7-19)27-16-24-28(41-27)26(12-13-32-24)39-25-11-10-21(34(36)37)15-23(25)31/h6-13,15-16,22H,4-5,14,17-18H2,1-3H3. The lowest BCUT2D eigenvalue weighted by atomic mass is 10.1. The van der Waals surface area contributed by atoms with Gasteiger partial charge in [-0.15, -0.1) is 11.3 Å². The Kier molecular flexibility index (Phi) is 8.18. The van der Waals surface area contributed by atoms with Gasteiger partial charge in [-0.25, -0.2) is 9.18 Å². The number of thiophene rings is 1. The maximum Gasteiger partial charge on any atom is 0.410 e. The molecule has 3 heterocycles. The van der Waals surface area contributed by atoms with Crippen LogP contribution in [0, 0.1) is 15.9 Å². The number of halogens is 1. The number of carbonyl (C=O) groups is 1. The van der Waals surface area contributed by atoms with Gasteiger partial charge in [0.05, 0.1) is 33.9 Å². The third kappa shape index (κ3) is 6.98. The molecule has 2 aromatic heterocycles. The summed E-state index contributed by atoms with van der Waals surface area (Å²) in [6.45, 7) is 7.12. The van der Waals surface area contributed by atoms with Crippen molar-refractivity contribution in [2.75, 3.05) is 13.2 Å². The maximum atomic E-state index is 14.5. The molecule has 1 fully saturated rings. The Bertz CT molecular complexity index is 1560. The van der Waals surface area contributed by atoms with E-state index in [2.05, 4.69) is 4.98 Å². The van der Waals surface area contributed by atoms with Crippen LogP contribution in [-0.2, 0) is 16.0 Å². The Morgan fingerprint density at radius 3 is 2.61 bits per heavy atom. The molecule has 5 rings (SSSR count). The summed E-state index contributed by atoms with van der Waals surface area (Å²) in [7, 11) is 0. The number of amides is 1. The van der Waals surface area contributed by atoms with E-state index in [0.29, 0.717) is 31.0 Å². The molecule has 1 amide bonds. The van der Waals surface area contributed by atoms with E-state index in [9.17, 15) is 19.3 Å². The van der Waals surface area contributed by atoms with Crippen LogP contribution >= 0.6 is 11.3 Å². The zero-order chi connectivity index (χ0) is 29.1. The van der Waals surface area contributed by atoms with Crippen molar-refractivity contribution >= 4 is 33.3 Å². The van der Waals surface area contributed by atoms with Gasteiger partial charge in [0.15, 0.2) is 11.6 Å². The molecule has 1 unspecified atom stereocenters. The number of rotatable bonds is 8. The molecule has 0 saturated carbocycles. The number of carbonyl (C=O) groups excluding carboxylic acids is 1. The van der Waals surface area contributed by atoms with Crippen LogP contribution in [0.2, 0.25) is 0 Å². The number of aromatic nitrogens is 1. The Morgan fingerprint density at radius 1 is 1.17 bits per heavy atom. The van der Waals surface area contributed by atoms with Crippen molar-refractivity contribution in [3.05, 3.63) is 82.3 Å². The molecular weight excluding hydrogens is 549 g/mol. The van der Waals surface area contributed by atoms with Crippen LogP contribution in [0.3, 0.4) is 0 Å². The number of fused-ring (bicyclic) bond motifs is 1. The second-order valence-electron chi connectivity index (χ2n) is 10.8. The van der Waals surface area contributed by atoms with E-state index in [4.69, 9.17) is 14.2 Å². The molecule has 214 valence electrons. The molecule has 9 nitrogen and oxygen atoms in total. The Hall–Kier alpha value is -4.09. The van der Waals surface area contributed by atoms with Crippen molar-refractivity contribution in [1.29, 1.82) is 0 Å². The highest BCUT2D eigenvalue weighted by Gasteiger charge is 2.27. The van der Waals surface area contributed by atoms with Gasteiger partial charge in [-0.2, -0.15) is 0 Å². The van der Waals surface area contributed by atoms with Crippen LogP contribution < -0.4 is 4.74 Å². The lowest BCUT2D eigenvalue weighted by molar-refractivity contribution is -0.385. The first-order chi connectivity index (χ1) is 19.6. The normalized spacial score (nSPS) is 15.2. The molecule has 0 radical (unpaired) electrons. The number of nitro benzene ring substituents is 1. The monoisotopic (exact) mass is 579 g/mol. The number of pyridine rings is 1. The number of nitrogens with zero attached hydrogens (tertiary/aromatic N) is 3. The van der Waals surface area contributed by atoms with E-state index in [1.807, 2.05) is 51.1 Å². The second kappa shape index (κ2) is 11.8. The molecule has 1 saturated heterocycles. The van der Waals surface area contributed by atoms with Crippen molar-refractivity contribution in [3.63, 3.8) is 0 Å². The van der Waals surface area contributed by atoms with Gasteiger partial charge in [-0.05, 0) is 56.9 Å². The minimum Gasteiger partial charge on any atom is -0.453 e. The number of non-ortho nitro benzene ring substituents is 1. The summed E-state index contributed by atoms with van der Waals surface area (Å²) in [4.78, 5) is 30.3. The summed E-state index contributed by atoms with van der Waals surface area (Å²) in [5, 5.41) is 10.9. The molecule has 1 atom stereocenters. The second-order valence-corrected chi connectivity index (χ2v) is 11.9. The molecular formula is C30H30FN3O6S. The van der Waals surface area contributed by atoms with E-state index in [1.165, 1.54) is 23.5 Å². The molecule has 11 heteroatoms. The minimum atomic E-state index is -0.823. The lowest BCUT2D eigenvalue weighted by Gasteiger charge is -2.29. The first kappa shape index (κ1) is 28.4. The zero-order valence-electron chi connectivity index (χ0n) is 23.0. The van der Waals surface area contributed by atoms with Crippen LogP contribution in [0.25, 0.3) is 20.7 Å². The summed E-state index contributed by atoms with van der Waals surface area (Å²) in [5.74, 6) is -0.533. The summed E-state index contributed by atoms with van der Waals surface area (Å²) in [6.07, 6.45) is 3.11. The molecule has 2 aromatic carbocycles. The predicted octanol–water partition coefficient (Wildman–Crippen LogP) is 7.72.